The average molecular weight is 450 g/mol. The Bertz CT molecular complexity index is 950. The number of nitrogens with zero attached hydrogens (tertiary/aromatic N) is 2. The molecule has 11 nitrogen and oxygen atoms in total. The molecule has 2 rings (SSSR count). The molecule has 1 fully saturated rings. The van der Waals surface area contributed by atoms with E-state index in [4.69, 9.17) is 9.26 Å². The fourth-order valence-electron chi connectivity index (χ4n) is 3.29. The van der Waals surface area contributed by atoms with Gasteiger partial charge in [0.2, 0.25) is 0 Å². The van der Waals surface area contributed by atoms with Crippen molar-refractivity contribution in [3.8, 4) is 0 Å². The third-order valence-electron chi connectivity index (χ3n) is 5.56. The minimum Gasteiger partial charge on any atom is -0.388 e. The summed E-state index contributed by atoms with van der Waals surface area (Å²) in [6.07, 6.45) is -3.71. The van der Waals surface area contributed by atoms with Crippen LogP contribution in [0.2, 0.25) is 0 Å². The molecule has 0 saturated carbocycles. The van der Waals surface area contributed by atoms with Crippen molar-refractivity contribution < 1.29 is 34.0 Å². The van der Waals surface area contributed by atoms with Gasteiger partial charge in [0, 0.05) is 26.7 Å². The number of aryl methyl sites for hydroxylation is 1. The molecule has 12 heteroatoms. The summed E-state index contributed by atoms with van der Waals surface area (Å²) in [6.45, 7) is 5.53. The van der Waals surface area contributed by atoms with E-state index in [9.17, 15) is 34.4 Å². The molecular weight excluding hydrogens is 419 g/mol. The average Bonchev–Trinajstić information content (AvgIpc) is 2.89. The fraction of sp³-hybridized carbons (Fsp3) is 0.778. The Kier molecular flexibility index (Phi) is 6.91. The van der Waals surface area contributed by atoms with Crippen LogP contribution < -0.4 is 11.2 Å². The van der Waals surface area contributed by atoms with E-state index in [0.29, 0.717) is 0 Å². The molecule has 1 aromatic heterocycles. The Morgan fingerprint density at radius 1 is 1.20 bits per heavy atom. The minimum atomic E-state index is -4.44. The predicted molar refractivity (Wildman–Crippen MR) is 107 cm³/mol. The first-order chi connectivity index (χ1) is 13.5. The van der Waals surface area contributed by atoms with Crippen molar-refractivity contribution in [2.45, 2.75) is 75.9 Å². The van der Waals surface area contributed by atoms with E-state index >= 15 is 0 Å². The smallest absolute Gasteiger partial charge is 0.359 e. The number of aliphatic hydroxyl groups is 3. The number of aromatic nitrogens is 2. The van der Waals surface area contributed by atoms with Gasteiger partial charge in [-0.2, -0.15) is 0 Å². The van der Waals surface area contributed by atoms with Crippen LogP contribution in [0.15, 0.2) is 15.8 Å². The van der Waals surface area contributed by atoms with Gasteiger partial charge < -0.3 is 34.0 Å². The van der Waals surface area contributed by atoms with Gasteiger partial charge >= 0.3 is 13.3 Å². The van der Waals surface area contributed by atoms with Crippen LogP contribution in [0.1, 0.15) is 52.2 Å². The molecule has 4 N–H and O–H groups in total. The number of hydrogen-bond donors (Lipinski definition) is 4. The summed E-state index contributed by atoms with van der Waals surface area (Å²) in [4.78, 5) is 34.5. The highest BCUT2D eigenvalue weighted by Gasteiger charge is 2.50. The second-order valence-electron chi connectivity index (χ2n) is 8.53. The number of ether oxygens (including phenoxy) is 1. The molecule has 0 aliphatic carbocycles. The van der Waals surface area contributed by atoms with Gasteiger partial charge in [0.05, 0.1) is 17.3 Å². The lowest BCUT2D eigenvalue weighted by atomic mass is 9.92. The predicted octanol–water partition coefficient (Wildman–Crippen LogP) is -0.265. The normalized spacial score (nSPS) is 28.9. The molecule has 0 aromatic carbocycles. The van der Waals surface area contributed by atoms with Crippen LogP contribution >= 0.6 is 7.60 Å². The summed E-state index contributed by atoms with van der Waals surface area (Å²) >= 11 is 0. The molecule has 1 aliphatic heterocycles. The van der Waals surface area contributed by atoms with E-state index < -0.39 is 54.2 Å². The van der Waals surface area contributed by atoms with Crippen LogP contribution in [-0.4, -0.2) is 58.6 Å². The number of aliphatic hydroxyl groups excluding tert-OH is 2. The van der Waals surface area contributed by atoms with E-state index in [1.54, 1.807) is 6.92 Å². The first-order valence-electron chi connectivity index (χ1n) is 9.59. The maximum absolute atomic E-state index is 12.5. The first-order valence-corrected chi connectivity index (χ1v) is 11.2. The first kappa shape index (κ1) is 24.9. The molecule has 1 aromatic rings. The highest BCUT2D eigenvalue weighted by Crippen LogP contribution is 2.57. The van der Waals surface area contributed by atoms with Crippen LogP contribution in [0.5, 0.6) is 0 Å². The van der Waals surface area contributed by atoms with Crippen LogP contribution in [0.25, 0.3) is 0 Å². The van der Waals surface area contributed by atoms with Crippen molar-refractivity contribution in [1.29, 1.82) is 0 Å². The van der Waals surface area contributed by atoms with E-state index in [-0.39, 0.29) is 18.4 Å². The Balaban J connectivity index is 2.32. The van der Waals surface area contributed by atoms with Gasteiger partial charge in [-0.05, 0) is 27.2 Å². The zero-order valence-corrected chi connectivity index (χ0v) is 18.9. The van der Waals surface area contributed by atoms with Gasteiger partial charge in [-0.1, -0.05) is 6.92 Å². The summed E-state index contributed by atoms with van der Waals surface area (Å²) in [5, 5.41) is 28.9. The summed E-state index contributed by atoms with van der Waals surface area (Å²) < 4.78 is 25.6. The largest absolute Gasteiger partial charge is 0.388 e. The Morgan fingerprint density at radius 3 is 2.27 bits per heavy atom. The van der Waals surface area contributed by atoms with Crippen molar-refractivity contribution in [2.24, 2.45) is 14.1 Å². The molecule has 172 valence electrons. The maximum Gasteiger partial charge on any atom is 0.359 e. The summed E-state index contributed by atoms with van der Waals surface area (Å²) in [5.74, 6) is 0. The second kappa shape index (κ2) is 8.31. The van der Waals surface area contributed by atoms with Crippen LogP contribution in [0, 0.1) is 0 Å². The summed E-state index contributed by atoms with van der Waals surface area (Å²) in [5.41, 5.74) is -2.49. The molecule has 0 spiro atoms. The monoisotopic (exact) mass is 450 g/mol. The zero-order valence-electron chi connectivity index (χ0n) is 18.0. The molecule has 2 heterocycles. The van der Waals surface area contributed by atoms with Crippen molar-refractivity contribution in [2.75, 3.05) is 0 Å². The van der Waals surface area contributed by atoms with Crippen LogP contribution in [0.4, 0.5) is 0 Å². The lowest BCUT2D eigenvalue weighted by Gasteiger charge is -2.36. The van der Waals surface area contributed by atoms with Gasteiger partial charge in [0.1, 0.15) is 18.3 Å². The van der Waals surface area contributed by atoms with Crippen molar-refractivity contribution in [1.82, 2.24) is 9.13 Å². The fourth-order valence-corrected chi connectivity index (χ4v) is 4.31. The van der Waals surface area contributed by atoms with E-state index in [0.717, 1.165) is 23.0 Å². The lowest BCUT2D eigenvalue weighted by molar-refractivity contribution is -0.0524. The van der Waals surface area contributed by atoms with E-state index in [1.165, 1.54) is 27.2 Å². The second-order valence-corrected chi connectivity index (χ2v) is 10.8. The molecule has 2 unspecified atom stereocenters. The molecule has 0 bridgehead atoms. The molecule has 1 saturated heterocycles. The van der Waals surface area contributed by atoms with E-state index in [1.807, 2.05) is 0 Å². The third-order valence-corrected chi connectivity index (χ3v) is 7.63. The van der Waals surface area contributed by atoms with Gasteiger partial charge in [-0.15, -0.1) is 0 Å². The quantitative estimate of drug-likeness (QED) is 0.410. The Morgan fingerprint density at radius 2 is 1.77 bits per heavy atom. The Hall–Kier alpha value is -1.33. The Labute approximate surface area is 174 Å². The molecule has 0 radical (unpaired) electrons. The molecule has 30 heavy (non-hydrogen) atoms. The molecule has 0 amide bonds. The van der Waals surface area contributed by atoms with Gasteiger partial charge in [0.25, 0.3) is 5.56 Å². The SMILES string of the molecule is CCC(C)(C[C@H]1O[C@@H](c2cn(C)c(=O)n(C)c2=O)[C@H](O)[C@@H]1O)OP(=O)(O)C(C)(C)O. The summed E-state index contributed by atoms with van der Waals surface area (Å²) in [6, 6.07) is 0. The lowest BCUT2D eigenvalue weighted by Crippen LogP contribution is -2.41. The highest BCUT2D eigenvalue weighted by molar-refractivity contribution is 7.54. The van der Waals surface area contributed by atoms with Crippen molar-refractivity contribution in [3.63, 3.8) is 0 Å². The standard InChI is InChI=1S/C18H31N2O9P/c1-7-18(4,29-30(26,27)17(2,3)25)8-11-12(21)13(22)14(28-11)10-9-19(5)16(24)20(6)15(10)23/h9,11-14,21-22,25H,7-8H2,1-6H3,(H,26,27)/t11-,12-,13-,14+,18?/m1/s1. The maximum atomic E-state index is 12.5. The minimum absolute atomic E-state index is 0.00269. The topological polar surface area (TPSA) is 160 Å². The van der Waals surface area contributed by atoms with Crippen LogP contribution in [-0.2, 0) is 27.9 Å². The molecular formula is C18H31N2O9P. The molecule has 1 aliphatic rings. The highest BCUT2D eigenvalue weighted by atomic mass is 31.2. The number of hydrogen-bond acceptors (Lipinski definition) is 8. The van der Waals surface area contributed by atoms with Crippen molar-refractivity contribution in [3.05, 3.63) is 32.6 Å². The third kappa shape index (κ3) is 4.62. The van der Waals surface area contributed by atoms with Gasteiger partial charge in [-0.25, -0.2) is 4.79 Å². The van der Waals surface area contributed by atoms with Gasteiger partial charge in [0.15, 0.2) is 5.34 Å². The summed E-state index contributed by atoms with van der Waals surface area (Å²) in [7, 11) is -1.71. The molecule has 6 atom stereocenters. The van der Waals surface area contributed by atoms with E-state index in [2.05, 4.69) is 0 Å². The zero-order chi connectivity index (χ0) is 23.2. The van der Waals surface area contributed by atoms with Gasteiger partial charge in [-0.3, -0.25) is 13.9 Å². The number of rotatable bonds is 7. The van der Waals surface area contributed by atoms with Crippen LogP contribution in [0.3, 0.4) is 0 Å². The van der Waals surface area contributed by atoms with Crippen molar-refractivity contribution >= 4 is 7.60 Å².